The van der Waals surface area contributed by atoms with Crippen molar-refractivity contribution in [1.82, 2.24) is 4.98 Å². The minimum Gasteiger partial charge on any atom is -0.279 e. The number of pyridine rings is 1. The molecule has 7 heteroatoms. The molecule has 2 aromatic rings. The molecule has 1 heterocycles. The van der Waals surface area contributed by atoms with Gasteiger partial charge in [0.25, 0.3) is 10.0 Å². The summed E-state index contributed by atoms with van der Waals surface area (Å²) in [6.07, 6.45) is 1.34. The fourth-order valence-electron chi connectivity index (χ4n) is 1.46. The highest BCUT2D eigenvalue weighted by molar-refractivity contribution is 7.92. The van der Waals surface area contributed by atoms with E-state index in [1.807, 2.05) is 0 Å². The zero-order valence-corrected chi connectivity index (χ0v) is 12.2. The SMILES string of the molecule is Cc1ccc(Cl)cc1NS(=O)(=O)c1ccnc(Cl)c1. The second kappa shape index (κ2) is 5.36. The minimum atomic E-state index is -3.71. The third-order valence-corrected chi connectivity index (χ3v) is 4.26. The number of aryl methyl sites for hydroxylation is 1. The first kappa shape index (κ1) is 14.1. The topological polar surface area (TPSA) is 59.1 Å². The van der Waals surface area contributed by atoms with Gasteiger partial charge in [0.05, 0.1) is 10.6 Å². The van der Waals surface area contributed by atoms with E-state index in [0.29, 0.717) is 10.7 Å². The zero-order valence-electron chi connectivity index (χ0n) is 9.89. The molecule has 0 saturated carbocycles. The maximum atomic E-state index is 12.2. The van der Waals surface area contributed by atoms with Crippen molar-refractivity contribution < 1.29 is 8.42 Å². The summed E-state index contributed by atoms with van der Waals surface area (Å²) in [4.78, 5) is 3.79. The van der Waals surface area contributed by atoms with E-state index in [1.165, 1.54) is 18.3 Å². The molecule has 0 aliphatic rings. The van der Waals surface area contributed by atoms with Crippen molar-refractivity contribution in [3.63, 3.8) is 0 Å². The molecule has 0 aliphatic heterocycles. The number of hydrogen-bond donors (Lipinski definition) is 1. The van der Waals surface area contributed by atoms with Gasteiger partial charge in [-0.2, -0.15) is 0 Å². The third-order valence-electron chi connectivity index (χ3n) is 2.45. The minimum absolute atomic E-state index is 0.0480. The summed E-state index contributed by atoms with van der Waals surface area (Å²) < 4.78 is 26.8. The van der Waals surface area contributed by atoms with Crippen molar-refractivity contribution in [2.24, 2.45) is 0 Å². The first-order chi connectivity index (χ1) is 8.88. The van der Waals surface area contributed by atoms with Gasteiger partial charge >= 0.3 is 0 Å². The van der Waals surface area contributed by atoms with Crippen molar-refractivity contribution in [2.45, 2.75) is 11.8 Å². The van der Waals surface area contributed by atoms with Gasteiger partial charge in [0, 0.05) is 11.2 Å². The van der Waals surface area contributed by atoms with Crippen molar-refractivity contribution in [3.05, 3.63) is 52.3 Å². The Kier molecular flexibility index (Phi) is 3.99. The van der Waals surface area contributed by atoms with E-state index >= 15 is 0 Å². The molecule has 100 valence electrons. The summed E-state index contributed by atoms with van der Waals surface area (Å²) in [6, 6.07) is 7.63. The van der Waals surface area contributed by atoms with Gasteiger partial charge in [0.15, 0.2) is 0 Å². The summed E-state index contributed by atoms with van der Waals surface area (Å²) in [5.74, 6) is 0. The van der Waals surface area contributed by atoms with E-state index < -0.39 is 10.0 Å². The zero-order chi connectivity index (χ0) is 14.0. The molecule has 0 aliphatic carbocycles. The molecule has 4 nitrogen and oxygen atoms in total. The summed E-state index contributed by atoms with van der Waals surface area (Å²) in [5.41, 5.74) is 1.20. The smallest absolute Gasteiger partial charge is 0.262 e. The Morgan fingerprint density at radius 1 is 1.16 bits per heavy atom. The van der Waals surface area contributed by atoms with Crippen LogP contribution >= 0.6 is 23.2 Å². The Morgan fingerprint density at radius 3 is 2.58 bits per heavy atom. The van der Waals surface area contributed by atoms with Crippen LogP contribution in [0.4, 0.5) is 5.69 Å². The van der Waals surface area contributed by atoms with E-state index in [-0.39, 0.29) is 10.0 Å². The monoisotopic (exact) mass is 316 g/mol. The lowest BCUT2D eigenvalue weighted by molar-refractivity contribution is 0.601. The molecule has 19 heavy (non-hydrogen) atoms. The molecule has 0 amide bonds. The number of anilines is 1. The van der Waals surface area contributed by atoms with Crippen LogP contribution in [0.3, 0.4) is 0 Å². The Labute approximate surface area is 121 Å². The van der Waals surface area contributed by atoms with Gasteiger partial charge in [-0.3, -0.25) is 4.72 Å². The second-order valence-corrected chi connectivity index (χ2v) is 6.39. The highest BCUT2D eigenvalue weighted by Crippen LogP contribution is 2.23. The summed E-state index contributed by atoms with van der Waals surface area (Å²) in [7, 11) is -3.71. The van der Waals surface area contributed by atoms with Crippen LogP contribution in [0.5, 0.6) is 0 Å². The van der Waals surface area contributed by atoms with Gasteiger partial charge in [-0.05, 0) is 36.8 Å². The normalized spacial score (nSPS) is 11.3. The molecule has 0 fully saturated rings. The molecule has 0 saturated heterocycles. The molecule has 0 unspecified atom stereocenters. The third kappa shape index (κ3) is 3.37. The Bertz CT molecular complexity index is 717. The highest BCUT2D eigenvalue weighted by Gasteiger charge is 2.16. The van der Waals surface area contributed by atoms with Crippen molar-refractivity contribution in [3.8, 4) is 0 Å². The second-order valence-electron chi connectivity index (χ2n) is 3.88. The number of aromatic nitrogens is 1. The molecule has 0 bridgehead atoms. The number of halogens is 2. The van der Waals surface area contributed by atoms with Gasteiger partial charge in [0.1, 0.15) is 5.15 Å². The number of rotatable bonds is 3. The Hall–Kier alpha value is -1.30. The molecular weight excluding hydrogens is 307 g/mol. The van der Waals surface area contributed by atoms with Gasteiger partial charge < -0.3 is 0 Å². The molecule has 0 spiro atoms. The maximum Gasteiger partial charge on any atom is 0.262 e. The van der Waals surface area contributed by atoms with Crippen LogP contribution in [0.2, 0.25) is 10.2 Å². The Morgan fingerprint density at radius 2 is 1.89 bits per heavy atom. The number of benzene rings is 1. The maximum absolute atomic E-state index is 12.2. The number of hydrogen-bond acceptors (Lipinski definition) is 3. The van der Waals surface area contributed by atoms with Gasteiger partial charge in [-0.25, -0.2) is 13.4 Å². The van der Waals surface area contributed by atoms with E-state index in [0.717, 1.165) is 5.56 Å². The van der Waals surface area contributed by atoms with Crippen molar-refractivity contribution in [2.75, 3.05) is 4.72 Å². The van der Waals surface area contributed by atoms with Crippen molar-refractivity contribution >= 4 is 38.9 Å². The number of nitrogens with one attached hydrogen (secondary N) is 1. The van der Waals surface area contributed by atoms with Gasteiger partial charge in [-0.1, -0.05) is 29.3 Å². The number of sulfonamides is 1. The highest BCUT2D eigenvalue weighted by atomic mass is 35.5. The predicted octanol–water partition coefficient (Wildman–Crippen LogP) is 3.50. The first-order valence-electron chi connectivity index (χ1n) is 5.29. The molecule has 2 rings (SSSR count). The fourth-order valence-corrected chi connectivity index (χ4v) is 3.00. The lowest BCUT2D eigenvalue weighted by Gasteiger charge is -2.10. The van der Waals surface area contributed by atoms with Crippen molar-refractivity contribution in [1.29, 1.82) is 0 Å². The molecule has 1 aromatic heterocycles. The van der Waals surface area contributed by atoms with Crippen LogP contribution in [0, 0.1) is 6.92 Å². The van der Waals surface area contributed by atoms with Gasteiger partial charge in [-0.15, -0.1) is 0 Å². The van der Waals surface area contributed by atoms with E-state index in [2.05, 4.69) is 9.71 Å². The largest absolute Gasteiger partial charge is 0.279 e. The van der Waals surface area contributed by atoms with Crippen LogP contribution in [-0.2, 0) is 10.0 Å². The van der Waals surface area contributed by atoms with Crippen LogP contribution in [0.1, 0.15) is 5.56 Å². The molecule has 1 aromatic carbocycles. The number of nitrogens with zero attached hydrogens (tertiary/aromatic N) is 1. The standard InChI is InChI=1S/C12H10Cl2N2O2S/c1-8-2-3-9(13)6-11(8)16-19(17,18)10-4-5-15-12(14)7-10/h2-7,16H,1H3. The quantitative estimate of drug-likeness (QED) is 0.882. The van der Waals surface area contributed by atoms with Crippen LogP contribution in [0.25, 0.3) is 0 Å². The fraction of sp³-hybridized carbons (Fsp3) is 0.0833. The predicted molar refractivity (Wildman–Crippen MR) is 76.2 cm³/mol. The van der Waals surface area contributed by atoms with E-state index in [9.17, 15) is 8.42 Å². The lowest BCUT2D eigenvalue weighted by Crippen LogP contribution is -2.13. The molecule has 0 radical (unpaired) electrons. The van der Waals surface area contributed by atoms with E-state index in [1.54, 1.807) is 25.1 Å². The van der Waals surface area contributed by atoms with Crippen LogP contribution in [0.15, 0.2) is 41.4 Å². The first-order valence-corrected chi connectivity index (χ1v) is 7.53. The van der Waals surface area contributed by atoms with Crippen LogP contribution < -0.4 is 4.72 Å². The average Bonchev–Trinajstić information content (AvgIpc) is 2.33. The van der Waals surface area contributed by atoms with E-state index in [4.69, 9.17) is 23.2 Å². The summed E-state index contributed by atoms with van der Waals surface area (Å²) in [6.45, 7) is 1.79. The molecule has 0 atom stereocenters. The summed E-state index contributed by atoms with van der Waals surface area (Å²) in [5, 5.41) is 0.571. The molecular formula is C12H10Cl2N2O2S. The Balaban J connectivity index is 2.39. The lowest BCUT2D eigenvalue weighted by atomic mass is 10.2. The van der Waals surface area contributed by atoms with Crippen LogP contribution in [-0.4, -0.2) is 13.4 Å². The summed E-state index contributed by atoms with van der Waals surface area (Å²) >= 11 is 11.5. The van der Waals surface area contributed by atoms with Gasteiger partial charge in [0.2, 0.25) is 0 Å². The molecule has 1 N–H and O–H groups in total. The average molecular weight is 317 g/mol.